The zero-order valence-corrected chi connectivity index (χ0v) is 15.2. The van der Waals surface area contributed by atoms with Crippen molar-refractivity contribution in [2.45, 2.75) is 31.7 Å². The maximum absolute atomic E-state index is 12.5. The van der Waals surface area contributed by atoms with Crippen LogP contribution in [0.4, 0.5) is 0 Å². The number of carbonyl (C=O) groups is 1. The zero-order valence-electron chi connectivity index (χ0n) is 14.4. The van der Waals surface area contributed by atoms with Gasteiger partial charge in [-0.1, -0.05) is 30.3 Å². The summed E-state index contributed by atoms with van der Waals surface area (Å²) in [6, 6.07) is 12.9. The van der Waals surface area contributed by atoms with Gasteiger partial charge in [0, 0.05) is 25.0 Å². The van der Waals surface area contributed by atoms with Crippen molar-refractivity contribution in [3.05, 3.63) is 58.3 Å². The lowest BCUT2D eigenvalue weighted by Crippen LogP contribution is -2.48. The molecule has 2 aromatic rings. The monoisotopic (exact) mass is 342 g/mol. The third-order valence-corrected chi connectivity index (χ3v) is 5.58. The largest absolute Gasteiger partial charge is 0.337 e. The van der Waals surface area contributed by atoms with Crippen molar-refractivity contribution in [1.82, 2.24) is 9.80 Å². The van der Waals surface area contributed by atoms with Gasteiger partial charge in [-0.15, -0.1) is 0 Å². The Labute approximate surface area is 148 Å². The molecule has 1 saturated heterocycles. The number of nitrogens with zero attached hydrogens (tertiary/aromatic N) is 2. The summed E-state index contributed by atoms with van der Waals surface area (Å²) >= 11 is 1.58. The summed E-state index contributed by atoms with van der Waals surface area (Å²) in [5.74, 6) is 0.160. The lowest BCUT2D eigenvalue weighted by atomic mass is 10.0. The molecule has 1 fully saturated rings. The first kappa shape index (κ1) is 17.2. The second-order valence-corrected chi connectivity index (χ2v) is 7.39. The fourth-order valence-electron chi connectivity index (χ4n) is 3.46. The number of benzene rings is 1. The molecule has 1 amide bonds. The highest BCUT2D eigenvalue weighted by Crippen LogP contribution is 2.18. The van der Waals surface area contributed by atoms with E-state index in [2.05, 4.69) is 35.2 Å². The lowest BCUT2D eigenvalue weighted by Gasteiger charge is -2.37. The van der Waals surface area contributed by atoms with Gasteiger partial charge in [-0.05, 0) is 55.8 Å². The van der Waals surface area contributed by atoms with Gasteiger partial charge in [-0.2, -0.15) is 11.3 Å². The molecular weight excluding hydrogens is 316 g/mol. The number of amides is 1. The third-order valence-electron chi connectivity index (χ3n) is 4.90. The van der Waals surface area contributed by atoms with Crippen molar-refractivity contribution >= 4 is 17.2 Å². The highest BCUT2D eigenvalue weighted by Gasteiger charge is 2.26. The van der Waals surface area contributed by atoms with E-state index in [1.165, 1.54) is 18.4 Å². The van der Waals surface area contributed by atoms with Gasteiger partial charge in [-0.3, -0.25) is 4.79 Å². The third kappa shape index (κ3) is 4.46. The molecule has 4 heteroatoms. The van der Waals surface area contributed by atoms with Crippen molar-refractivity contribution in [3.63, 3.8) is 0 Å². The van der Waals surface area contributed by atoms with Gasteiger partial charge in [0.15, 0.2) is 0 Å². The number of aryl methyl sites for hydroxylation is 1. The smallest absolute Gasteiger partial charge is 0.254 e. The van der Waals surface area contributed by atoms with Gasteiger partial charge >= 0.3 is 0 Å². The molecule has 1 aliphatic heterocycles. The van der Waals surface area contributed by atoms with Crippen molar-refractivity contribution in [2.24, 2.45) is 0 Å². The number of likely N-dealkylation sites (tertiary alicyclic amines) is 1. The Morgan fingerprint density at radius 1 is 1.29 bits per heavy atom. The summed E-state index contributed by atoms with van der Waals surface area (Å²) in [6.07, 6.45) is 4.60. The fourth-order valence-corrected chi connectivity index (χ4v) is 4.09. The molecule has 0 aliphatic carbocycles. The van der Waals surface area contributed by atoms with Crippen LogP contribution in [-0.4, -0.2) is 48.4 Å². The van der Waals surface area contributed by atoms with Gasteiger partial charge in [0.05, 0.1) is 5.56 Å². The van der Waals surface area contributed by atoms with Gasteiger partial charge in [0.2, 0.25) is 0 Å². The molecule has 0 bridgehead atoms. The van der Waals surface area contributed by atoms with E-state index in [-0.39, 0.29) is 5.91 Å². The van der Waals surface area contributed by atoms with Crippen LogP contribution in [0.1, 0.15) is 35.2 Å². The SMILES string of the molecule is CN(C(=O)c1ccsc1)[C@@H]1CCCN(CCCc2ccccc2)C1. The highest BCUT2D eigenvalue weighted by molar-refractivity contribution is 7.08. The van der Waals surface area contributed by atoms with Crippen LogP contribution in [-0.2, 0) is 6.42 Å². The van der Waals surface area contributed by atoms with Gasteiger partial charge in [0.1, 0.15) is 0 Å². The van der Waals surface area contributed by atoms with Crippen molar-refractivity contribution in [1.29, 1.82) is 0 Å². The summed E-state index contributed by atoms with van der Waals surface area (Å²) in [7, 11) is 1.96. The molecule has 0 saturated carbocycles. The summed E-state index contributed by atoms with van der Waals surface area (Å²) in [4.78, 5) is 17.0. The van der Waals surface area contributed by atoms with E-state index in [0.29, 0.717) is 6.04 Å². The molecular formula is C20H26N2OS. The first-order valence-corrected chi connectivity index (χ1v) is 9.74. The quantitative estimate of drug-likeness (QED) is 0.794. The predicted octanol–water partition coefficient (Wildman–Crippen LogP) is 3.92. The number of hydrogen-bond acceptors (Lipinski definition) is 3. The van der Waals surface area contributed by atoms with E-state index in [1.54, 1.807) is 11.3 Å². The maximum Gasteiger partial charge on any atom is 0.254 e. The molecule has 24 heavy (non-hydrogen) atoms. The number of piperidine rings is 1. The average Bonchev–Trinajstić information content (AvgIpc) is 3.16. The predicted molar refractivity (Wildman–Crippen MR) is 101 cm³/mol. The molecule has 1 aromatic carbocycles. The summed E-state index contributed by atoms with van der Waals surface area (Å²) < 4.78 is 0. The summed E-state index contributed by atoms with van der Waals surface area (Å²) in [5.41, 5.74) is 2.24. The Bertz CT molecular complexity index is 626. The second kappa shape index (κ2) is 8.45. The Balaban J connectivity index is 1.48. The molecule has 3 nitrogen and oxygen atoms in total. The number of thiophene rings is 1. The number of hydrogen-bond donors (Lipinski definition) is 0. The molecule has 0 N–H and O–H groups in total. The number of likely N-dealkylation sites (N-methyl/N-ethyl adjacent to an activating group) is 1. The topological polar surface area (TPSA) is 23.6 Å². The summed E-state index contributed by atoms with van der Waals surface area (Å²) in [6.45, 7) is 3.28. The van der Waals surface area contributed by atoms with Crippen LogP contribution in [0.3, 0.4) is 0 Å². The minimum atomic E-state index is 0.160. The average molecular weight is 343 g/mol. The molecule has 1 aliphatic rings. The molecule has 1 atom stereocenters. The Morgan fingerprint density at radius 2 is 2.12 bits per heavy atom. The van der Waals surface area contributed by atoms with Crippen LogP contribution in [0.5, 0.6) is 0 Å². The Morgan fingerprint density at radius 3 is 2.88 bits per heavy atom. The van der Waals surface area contributed by atoms with E-state index < -0.39 is 0 Å². The van der Waals surface area contributed by atoms with Crippen LogP contribution >= 0.6 is 11.3 Å². The van der Waals surface area contributed by atoms with Gasteiger partial charge in [-0.25, -0.2) is 0 Å². The molecule has 0 unspecified atom stereocenters. The van der Waals surface area contributed by atoms with Crippen molar-refractivity contribution in [2.75, 3.05) is 26.7 Å². The molecule has 0 radical (unpaired) electrons. The minimum absolute atomic E-state index is 0.160. The van der Waals surface area contributed by atoms with Crippen molar-refractivity contribution in [3.8, 4) is 0 Å². The van der Waals surface area contributed by atoms with Gasteiger partial charge < -0.3 is 9.80 Å². The molecule has 1 aromatic heterocycles. The fraction of sp³-hybridized carbons (Fsp3) is 0.450. The first-order chi connectivity index (χ1) is 11.7. The van der Waals surface area contributed by atoms with Crippen LogP contribution < -0.4 is 0 Å². The molecule has 2 heterocycles. The Kier molecular flexibility index (Phi) is 6.05. The standard InChI is InChI=1S/C20H26N2OS/c1-21(20(23)18-11-14-24-16-18)19-10-6-13-22(15-19)12-5-9-17-7-3-2-4-8-17/h2-4,7-8,11,14,16,19H,5-6,9-10,12-13,15H2,1H3/t19-/m1/s1. The normalized spacial score (nSPS) is 18.5. The number of rotatable bonds is 6. The minimum Gasteiger partial charge on any atom is -0.337 e. The van der Waals surface area contributed by atoms with Crippen molar-refractivity contribution < 1.29 is 4.79 Å². The van der Waals surface area contributed by atoms with E-state index in [4.69, 9.17) is 0 Å². The first-order valence-electron chi connectivity index (χ1n) is 8.79. The lowest BCUT2D eigenvalue weighted by molar-refractivity contribution is 0.0617. The zero-order chi connectivity index (χ0) is 16.8. The van der Waals surface area contributed by atoms with E-state index in [9.17, 15) is 4.79 Å². The molecule has 3 rings (SSSR count). The van der Waals surface area contributed by atoms with Crippen LogP contribution in [0.2, 0.25) is 0 Å². The highest BCUT2D eigenvalue weighted by atomic mass is 32.1. The Hall–Kier alpha value is -1.65. The maximum atomic E-state index is 12.5. The summed E-state index contributed by atoms with van der Waals surface area (Å²) in [5, 5.41) is 3.91. The number of carbonyl (C=O) groups excluding carboxylic acids is 1. The van der Waals surface area contributed by atoms with E-state index >= 15 is 0 Å². The van der Waals surface area contributed by atoms with E-state index in [1.807, 2.05) is 28.8 Å². The molecule has 128 valence electrons. The van der Waals surface area contributed by atoms with Crippen LogP contribution in [0, 0.1) is 0 Å². The second-order valence-electron chi connectivity index (χ2n) is 6.61. The van der Waals surface area contributed by atoms with Crippen LogP contribution in [0.25, 0.3) is 0 Å². The van der Waals surface area contributed by atoms with Gasteiger partial charge in [0.25, 0.3) is 5.91 Å². The van der Waals surface area contributed by atoms with Crippen LogP contribution in [0.15, 0.2) is 47.2 Å². The van der Waals surface area contributed by atoms with E-state index in [0.717, 1.165) is 38.0 Å². The molecule has 0 spiro atoms.